The quantitative estimate of drug-likeness (QED) is 0.192. The van der Waals surface area contributed by atoms with Gasteiger partial charge in [0.1, 0.15) is 5.75 Å². The van der Waals surface area contributed by atoms with Gasteiger partial charge in [0.05, 0.1) is 30.4 Å². The van der Waals surface area contributed by atoms with Gasteiger partial charge in [-0.05, 0) is 68.3 Å². The molecular formula is C26H32N2O5. The number of nitrogens with two attached hydrogens (primary N) is 1. The van der Waals surface area contributed by atoms with E-state index in [1.165, 1.54) is 0 Å². The predicted molar refractivity (Wildman–Crippen MR) is 128 cm³/mol. The molecule has 2 aromatic rings. The van der Waals surface area contributed by atoms with Crippen LogP contribution in [-0.2, 0) is 9.53 Å². The average Bonchev–Trinajstić information content (AvgIpc) is 2.81. The number of anilines is 1. The van der Waals surface area contributed by atoms with Crippen molar-refractivity contribution < 1.29 is 24.2 Å². The minimum Gasteiger partial charge on any atom is -0.494 e. The van der Waals surface area contributed by atoms with Crippen molar-refractivity contribution in [3.63, 3.8) is 0 Å². The Labute approximate surface area is 195 Å². The van der Waals surface area contributed by atoms with Crippen LogP contribution in [-0.4, -0.2) is 30.3 Å². The highest BCUT2D eigenvalue weighted by atomic mass is 16.5. The molecule has 0 radical (unpaired) electrons. The average molecular weight is 453 g/mol. The molecule has 0 aliphatic rings. The van der Waals surface area contributed by atoms with Crippen LogP contribution in [0.4, 0.5) is 5.69 Å². The Hall–Kier alpha value is -3.79. The minimum atomic E-state index is -0.934. The Morgan fingerprint density at radius 2 is 1.48 bits per heavy atom. The van der Waals surface area contributed by atoms with E-state index in [0.717, 1.165) is 38.5 Å². The number of carbonyl (C=O) groups excluding carboxylic acids is 1. The van der Waals surface area contributed by atoms with Gasteiger partial charge in [-0.3, -0.25) is 0 Å². The Morgan fingerprint density at radius 3 is 2.00 bits per heavy atom. The maximum Gasteiger partial charge on any atom is 0.335 e. The van der Waals surface area contributed by atoms with E-state index < -0.39 is 5.97 Å². The Kier molecular flexibility index (Phi) is 13.2. The van der Waals surface area contributed by atoms with Crippen molar-refractivity contribution in [1.29, 1.82) is 5.26 Å². The first-order valence-electron chi connectivity index (χ1n) is 10.9. The number of esters is 1. The molecule has 0 atom stereocenters. The monoisotopic (exact) mass is 452 g/mol. The lowest BCUT2D eigenvalue weighted by molar-refractivity contribution is -0.139. The fourth-order valence-corrected chi connectivity index (χ4v) is 2.64. The summed E-state index contributed by atoms with van der Waals surface area (Å²) in [7, 11) is 0. The van der Waals surface area contributed by atoms with Gasteiger partial charge in [0.25, 0.3) is 0 Å². The van der Waals surface area contributed by atoms with Gasteiger partial charge < -0.3 is 20.3 Å². The maximum atomic E-state index is 11.2. The second kappa shape index (κ2) is 15.9. The fraction of sp³-hybridized carbons (Fsp3) is 0.346. The highest BCUT2D eigenvalue weighted by Gasteiger charge is 2.03. The molecule has 2 aromatic carbocycles. The van der Waals surface area contributed by atoms with Gasteiger partial charge in [-0.1, -0.05) is 32.3 Å². The number of ether oxygens (including phenoxy) is 2. The zero-order valence-corrected chi connectivity index (χ0v) is 19.1. The first-order chi connectivity index (χ1) is 15.8. The lowest BCUT2D eigenvalue weighted by Gasteiger charge is -2.07. The second-order valence-electron chi connectivity index (χ2n) is 7.45. The van der Waals surface area contributed by atoms with E-state index in [2.05, 4.69) is 6.58 Å². The van der Waals surface area contributed by atoms with Gasteiger partial charge in [-0.2, -0.15) is 5.26 Å². The summed E-state index contributed by atoms with van der Waals surface area (Å²) in [6.07, 6.45) is 6.20. The van der Waals surface area contributed by atoms with E-state index in [4.69, 9.17) is 25.6 Å². The van der Waals surface area contributed by atoms with E-state index in [1.54, 1.807) is 55.5 Å². The number of nitriles is 1. The molecule has 0 saturated carbocycles. The van der Waals surface area contributed by atoms with Crippen molar-refractivity contribution >= 4 is 17.6 Å². The first kappa shape index (κ1) is 27.2. The van der Waals surface area contributed by atoms with Crippen molar-refractivity contribution in [3.05, 3.63) is 71.8 Å². The number of hydrogen-bond acceptors (Lipinski definition) is 6. The normalized spacial score (nSPS) is 9.70. The molecule has 0 aliphatic heterocycles. The molecule has 0 saturated heterocycles. The molecule has 0 aromatic heterocycles. The van der Waals surface area contributed by atoms with Crippen molar-refractivity contribution in [2.24, 2.45) is 0 Å². The summed E-state index contributed by atoms with van der Waals surface area (Å²) in [5, 5.41) is 17.1. The van der Waals surface area contributed by atoms with E-state index in [-0.39, 0.29) is 11.5 Å². The summed E-state index contributed by atoms with van der Waals surface area (Å²) in [5.41, 5.74) is 7.40. The number of aromatic carboxylic acids is 1. The van der Waals surface area contributed by atoms with Gasteiger partial charge in [-0.25, -0.2) is 9.59 Å². The van der Waals surface area contributed by atoms with Crippen LogP contribution in [0.15, 0.2) is 60.7 Å². The largest absolute Gasteiger partial charge is 0.494 e. The smallest absolute Gasteiger partial charge is 0.335 e. The number of rotatable bonds is 12. The third-order valence-electron chi connectivity index (χ3n) is 4.53. The predicted octanol–water partition coefficient (Wildman–Crippen LogP) is 5.36. The van der Waals surface area contributed by atoms with Crippen LogP contribution in [0.3, 0.4) is 0 Å². The molecule has 0 spiro atoms. The highest BCUT2D eigenvalue weighted by Crippen LogP contribution is 2.13. The van der Waals surface area contributed by atoms with Gasteiger partial charge in [-0.15, -0.1) is 0 Å². The molecule has 33 heavy (non-hydrogen) atoms. The number of hydrogen-bond donors (Lipinski definition) is 2. The van der Waals surface area contributed by atoms with Crippen LogP contribution in [0, 0.1) is 11.3 Å². The van der Waals surface area contributed by atoms with Crippen molar-refractivity contribution in [2.75, 3.05) is 18.9 Å². The number of benzene rings is 2. The molecule has 0 bridgehead atoms. The standard InChI is InChI=1S/C19H26O5.C7H6N2/c1-15(2)19(22)24-14-8-6-4-3-5-7-13-23-17-11-9-16(10-12-17)18(20)21;8-5-6-1-3-7(9)4-2-6/h9-12H,1,3-8,13-14H2,2H3,(H,20,21);1-4H,9H2. The minimum absolute atomic E-state index is 0.260. The summed E-state index contributed by atoms with van der Waals surface area (Å²) < 4.78 is 10.6. The molecule has 0 heterocycles. The van der Waals surface area contributed by atoms with E-state index in [0.29, 0.717) is 35.8 Å². The number of carbonyl (C=O) groups is 2. The van der Waals surface area contributed by atoms with Crippen LogP contribution in [0.2, 0.25) is 0 Å². The molecule has 7 nitrogen and oxygen atoms in total. The molecule has 0 aliphatic carbocycles. The number of carboxylic acids is 1. The number of nitrogens with zero attached hydrogens (tertiary/aromatic N) is 1. The lowest BCUT2D eigenvalue weighted by Crippen LogP contribution is -2.06. The lowest BCUT2D eigenvalue weighted by atomic mass is 10.1. The number of unbranched alkanes of at least 4 members (excludes halogenated alkanes) is 5. The van der Waals surface area contributed by atoms with Crippen LogP contribution < -0.4 is 10.5 Å². The van der Waals surface area contributed by atoms with Crippen molar-refractivity contribution in [1.82, 2.24) is 0 Å². The SMILES string of the molecule is C=C(C)C(=O)OCCCCCCCCOc1ccc(C(=O)O)cc1.N#Cc1ccc(N)cc1. The molecule has 0 fully saturated rings. The van der Waals surface area contributed by atoms with Gasteiger partial charge in [0.2, 0.25) is 0 Å². The van der Waals surface area contributed by atoms with Gasteiger partial charge >= 0.3 is 11.9 Å². The number of carboxylic acid groups (broad SMARTS) is 1. The van der Waals surface area contributed by atoms with E-state index >= 15 is 0 Å². The summed E-state index contributed by atoms with van der Waals surface area (Å²) in [4.78, 5) is 21.9. The molecule has 7 heteroatoms. The Bertz CT molecular complexity index is 915. The van der Waals surface area contributed by atoms with Crippen LogP contribution in [0.25, 0.3) is 0 Å². The summed E-state index contributed by atoms with van der Waals surface area (Å²) in [6, 6.07) is 15.2. The molecule has 0 unspecified atom stereocenters. The molecule has 0 amide bonds. The third-order valence-corrected chi connectivity index (χ3v) is 4.53. The second-order valence-corrected chi connectivity index (χ2v) is 7.45. The Morgan fingerprint density at radius 1 is 0.939 bits per heavy atom. The first-order valence-corrected chi connectivity index (χ1v) is 10.9. The molecule has 3 N–H and O–H groups in total. The fourth-order valence-electron chi connectivity index (χ4n) is 2.64. The summed E-state index contributed by atoms with van der Waals surface area (Å²) >= 11 is 0. The van der Waals surface area contributed by atoms with Crippen molar-refractivity contribution in [2.45, 2.75) is 45.4 Å². The topological polar surface area (TPSA) is 123 Å². The maximum absolute atomic E-state index is 11.2. The molecular weight excluding hydrogens is 420 g/mol. The van der Waals surface area contributed by atoms with Crippen LogP contribution in [0.5, 0.6) is 5.75 Å². The summed E-state index contributed by atoms with van der Waals surface area (Å²) in [5.74, 6) is -0.557. The third kappa shape index (κ3) is 12.6. The summed E-state index contributed by atoms with van der Waals surface area (Å²) in [6.45, 7) is 6.26. The van der Waals surface area contributed by atoms with Gasteiger partial charge in [0, 0.05) is 11.3 Å². The highest BCUT2D eigenvalue weighted by molar-refractivity contribution is 5.87. The Balaban J connectivity index is 0.000000502. The van der Waals surface area contributed by atoms with Crippen LogP contribution in [0.1, 0.15) is 61.4 Å². The molecule has 176 valence electrons. The van der Waals surface area contributed by atoms with Crippen molar-refractivity contribution in [3.8, 4) is 11.8 Å². The zero-order chi connectivity index (χ0) is 24.5. The van der Waals surface area contributed by atoms with E-state index in [9.17, 15) is 9.59 Å². The zero-order valence-electron chi connectivity index (χ0n) is 19.1. The number of nitrogen functional groups attached to an aromatic ring is 1. The molecule has 2 rings (SSSR count). The van der Waals surface area contributed by atoms with Crippen LogP contribution >= 0.6 is 0 Å². The van der Waals surface area contributed by atoms with E-state index in [1.807, 2.05) is 6.07 Å². The van der Waals surface area contributed by atoms with Gasteiger partial charge in [0.15, 0.2) is 0 Å².